The van der Waals surface area contributed by atoms with E-state index < -0.39 is 17.5 Å². The lowest BCUT2D eigenvalue weighted by atomic mass is 9.91. The molecule has 148 valence electrons. The van der Waals surface area contributed by atoms with E-state index in [2.05, 4.69) is 24.5 Å². The summed E-state index contributed by atoms with van der Waals surface area (Å²) in [7, 11) is 0. The van der Waals surface area contributed by atoms with E-state index in [1.54, 1.807) is 6.92 Å². The molecule has 27 heavy (non-hydrogen) atoms. The lowest BCUT2D eigenvalue weighted by molar-refractivity contribution is -0.135. The van der Waals surface area contributed by atoms with Gasteiger partial charge in [-0.1, -0.05) is 56.5 Å². The average molecular weight is 373 g/mol. The molecule has 6 nitrogen and oxygen atoms in total. The Morgan fingerprint density at radius 3 is 2.37 bits per heavy atom. The number of carbonyl (C=O) groups is 3. The Kier molecular flexibility index (Phi) is 6.63. The number of rotatable bonds is 8. The molecule has 1 saturated heterocycles. The summed E-state index contributed by atoms with van der Waals surface area (Å²) >= 11 is 0. The number of aryl methyl sites for hydroxylation is 1. The zero-order valence-corrected chi connectivity index (χ0v) is 17.0. The minimum absolute atomic E-state index is 0.0144. The van der Waals surface area contributed by atoms with Crippen molar-refractivity contribution in [3.8, 4) is 0 Å². The highest BCUT2D eigenvalue weighted by atomic mass is 16.2. The Balaban J connectivity index is 1.96. The lowest BCUT2D eigenvalue weighted by Gasteiger charge is -2.22. The fourth-order valence-corrected chi connectivity index (χ4v) is 3.29. The van der Waals surface area contributed by atoms with Crippen LogP contribution in [-0.2, 0) is 15.1 Å². The first-order valence-corrected chi connectivity index (χ1v) is 9.64. The third kappa shape index (κ3) is 5.08. The summed E-state index contributed by atoms with van der Waals surface area (Å²) in [6.07, 6.45) is 3.03. The minimum atomic E-state index is -1.14. The number of benzene rings is 1. The largest absolute Gasteiger partial charge is 0.352 e. The Labute approximate surface area is 161 Å². The second-order valence-electron chi connectivity index (χ2n) is 8.11. The summed E-state index contributed by atoms with van der Waals surface area (Å²) in [6, 6.07) is 6.93. The van der Waals surface area contributed by atoms with Crippen LogP contribution in [0.4, 0.5) is 4.79 Å². The molecule has 0 aromatic heterocycles. The van der Waals surface area contributed by atoms with Gasteiger partial charge in [-0.25, -0.2) is 4.79 Å². The van der Waals surface area contributed by atoms with E-state index >= 15 is 0 Å². The smallest absolute Gasteiger partial charge is 0.325 e. The van der Waals surface area contributed by atoms with Gasteiger partial charge in [0.1, 0.15) is 12.1 Å². The number of amides is 4. The third-order valence-electron chi connectivity index (χ3n) is 5.03. The van der Waals surface area contributed by atoms with E-state index in [1.807, 2.05) is 38.1 Å². The SMILES string of the molecule is Cc1ccc(C2(C)NC(=O)N(CC(=O)NC(C)CCCC(C)C)C2=O)cc1. The summed E-state index contributed by atoms with van der Waals surface area (Å²) < 4.78 is 0. The molecule has 0 aliphatic carbocycles. The van der Waals surface area contributed by atoms with Gasteiger partial charge in [0.05, 0.1) is 0 Å². The molecule has 2 unspecified atom stereocenters. The zero-order valence-electron chi connectivity index (χ0n) is 17.0. The molecule has 1 fully saturated rings. The predicted molar refractivity (Wildman–Crippen MR) is 105 cm³/mol. The molecule has 2 N–H and O–H groups in total. The zero-order chi connectivity index (χ0) is 20.2. The molecule has 1 aromatic carbocycles. The number of urea groups is 1. The van der Waals surface area contributed by atoms with Crippen LogP contribution in [0.1, 0.15) is 58.1 Å². The summed E-state index contributed by atoms with van der Waals surface area (Å²) in [6.45, 7) is 9.66. The van der Waals surface area contributed by atoms with Crippen molar-refractivity contribution < 1.29 is 14.4 Å². The first-order chi connectivity index (χ1) is 12.6. The van der Waals surface area contributed by atoms with E-state index in [9.17, 15) is 14.4 Å². The highest BCUT2D eigenvalue weighted by Gasteiger charge is 2.49. The molecule has 0 radical (unpaired) electrons. The Bertz CT molecular complexity index is 699. The second-order valence-corrected chi connectivity index (χ2v) is 8.11. The fraction of sp³-hybridized carbons (Fsp3) is 0.571. The molecule has 1 aliphatic heterocycles. The Morgan fingerprint density at radius 1 is 1.15 bits per heavy atom. The highest BCUT2D eigenvalue weighted by Crippen LogP contribution is 2.28. The molecule has 0 spiro atoms. The van der Waals surface area contributed by atoms with Gasteiger partial charge in [0, 0.05) is 6.04 Å². The van der Waals surface area contributed by atoms with Crippen LogP contribution in [0.2, 0.25) is 0 Å². The minimum Gasteiger partial charge on any atom is -0.352 e. The first kappa shape index (κ1) is 20.9. The standard InChI is InChI=1S/C21H31N3O3/c1-14(2)7-6-8-16(4)22-18(25)13-24-19(26)21(5,23-20(24)27)17-11-9-15(3)10-12-17/h9-12,14,16H,6-8,13H2,1-5H3,(H,22,25)(H,23,27). The van der Waals surface area contributed by atoms with Crippen molar-refractivity contribution in [1.29, 1.82) is 0 Å². The van der Waals surface area contributed by atoms with Crippen LogP contribution in [0, 0.1) is 12.8 Å². The van der Waals surface area contributed by atoms with Crippen LogP contribution >= 0.6 is 0 Å². The average Bonchev–Trinajstić information content (AvgIpc) is 2.79. The van der Waals surface area contributed by atoms with Gasteiger partial charge in [-0.3, -0.25) is 14.5 Å². The van der Waals surface area contributed by atoms with Gasteiger partial charge in [0.25, 0.3) is 5.91 Å². The molecule has 1 aromatic rings. The van der Waals surface area contributed by atoms with Crippen molar-refractivity contribution in [3.05, 3.63) is 35.4 Å². The van der Waals surface area contributed by atoms with Crippen LogP contribution in [0.3, 0.4) is 0 Å². The maximum Gasteiger partial charge on any atom is 0.325 e. The van der Waals surface area contributed by atoms with Gasteiger partial charge in [-0.15, -0.1) is 0 Å². The number of hydrogen-bond donors (Lipinski definition) is 2. The molecule has 1 heterocycles. The van der Waals surface area contributed by atoms with Crippen molar-refractivity contribution >= 4 is 17.8 Å². The molecule has 4 amide bonds. The molecule has 0 bridgehead atoms. The van der Waals surface area contributed by atoms with E-state index in [4.69, 9.17) is 0 Å². The van der Waals surface area contributed by atoms with E-state index in [0.717, 1.165) is 29.7 Å². The van der Waals surface area contributed by atoms with Crippen molar-refractivity contribution in [3.63, 3.8) is 0 Å². The Hall–Kier alpha value is -2.37. The third-order valence-corrected chi connectivity index (χ3v) is 5.03. The van der Waals surface area contributed by atoms with E-state index in [1.165, 1.54) is 0 Å². The van der Waals surface area contributed by atoms with Crippen LogP contribution in [-0.4, -0.2) is 35.3 Å². The maximum absolute atomic E-state index is 12.9. The highest BCUT2D eigenvalue weighted by molar-refractivity contribution is 6.09. The molecule has 2 rings (SSSR count). The molecular formula is C21H31N3O3. The maximum atomic E-state index is 12.9. The topological polar surface area (TPSA) is 78.5 Å². The van der Waals surface area contributed by atoms with Crippen molar-refractivity contribution in [2.24, 2.45) is 5.92 Å². The summed E-state index contributed by atoms with van der Waals surface area (Å²) in [4.78, 5) is 38.5. The van der Waals surface area contributed by atoms with Crippen LogP contribution in [0.25, 0.3) is 0 Å². The quantitative estimate of drug-likeness (QED) is 0.687. The summed E-state index contributed by atoms with van der Waals surface area (Å²) in [5.74, 6) is -0.0825. The van der Waals surface area contributed by atoms with Crippen LogP contribution in [0.15, 0.2) is 24.3 Å². The molecule has 1 aliphatic rings. The van der Waals surface area contributed by atoms with Crippen molar-refractivity contribution in [2.75, 3.05) is 6.54 Å². The van der Waals surface area contributed by atoms with Gasteiger partial charge in [-0.2, -0.15) is 0 Å². The normalized spacial score (nSPS) is 20.7. The number of hydrogen-bond acceptors (Lipinski definition) is 3. The molecule has 2 atom stereocenters. The fourth-order valence-electron chi connectivity index (χ4n) is 3.29. The molecule has 6 heteroatoms. The summed E-state index contributed by atoms with van der Waals surface area (Å²) in [5, 5.41) is 5.61. The second kappa shape index (κ2) is 8.55. The lowest BCUT2D eigenvalue weighted by Crippen LogP contribution is -2.45. The van der Waals surface area contributed by atoms with Crippen molar-refractivity contribution in [1.82, 2.24) is 15.5 Å². The monoisotopic (exact) mass is 373 g/mol. The van der Waals surface area contributed by atoms with Crippen molar-refractivity contribution in [2.45, 2.75) is 65.5 Å². The van der Waals surface area contributed by atoms with Gasteiger partial charge in [-0.05, 0) is 38.7 Å². The van der Waals surface area contributed by atoms with Crippen LogP contribution in [0.5, 0.6) is 0 Å². The van der Waals surface area contributed by atoms with E-state index in [-0.39, 0.29) is 18.5 Å². The molecule has 0 saturated carbocycles. The number of nitrogens with one attached hydrogen (secondary N) is 2. The number of imide groups is 1. The Morgan fingerprint density at radius 2 is 1.78 bits per heavy atom. The molecular weight excluding hydrogens is 342 g/mol. The predicted octanol–water partition coefficient (Wildman–Crippen LogP) is 3.09. The van der Waals surface area contributed by atoms with Gasteiger partial charge in [0.2, 0.25) is 5.91 Å². The summed E-state index contributed by atoms with van der Waals surface area (Å²) in [5.41, 5.74) is 0.631. The number of carbonyl (C=O) groups excluding carboxylic acids is 3. The first-order valence-electron chi connectivity index (χ1n) is 9.64. The van der Waals surface area contributed by atoms with E-state index in [0.29, 0.717) is 11.5 Å². The van der Waals surface area contributed by atoms with Gasteiger partial charge in [0.15, 0.2) is 0 Å². The van der Waals surface area contributed by atoms with Crippen LogP contribution < -0.4 is 10.6 Å². The van der Waals surface area contributed by atoms with Gasteiger partial charge < -0.3 is 10.6 Å². The van der Waals surface area contributed by atoms with Gasteiger partial charge >= 0.3 is 6.03 Å². The number of nitrogens with zero attached hydrogens (tertiary/aromatic N) is 1.